The Bertz CT molecular complexity index is 548. The molecule has 1 aromatic carbocycles. The summed E-state index contributed by atoms with van der Waals surface area (Å²) in [5.74, 6) is 0.468. The van der Waals surface area contributed by atoms with Gasteiger partial charge in [-0.05, 0) is 44.2 Å². The summed E-state index contributed by atoms with van der Waals surface area (Å²) >= 11 is 5.95. The molecule has 120 valence electrons. The van der Waals surface area contributed by atoms with Crippen LogP contribution in [0.1, 0.15) is 12.8 Å². The van der Waals surface area contributed by atoms with Gasteiger partial charge in [0.1, 0.15) is 11.9 Å². The van der Waals surface area contributed by atoms with Crippen LogP contribution >= 0.6 is 11.6 Å². The summed E-state index contributed by atoms with van der Waals surface area (Å²) < 4.78 is 10.7. The lowest BCUT2D eigenvalue weighted by Gasteiger charge is -2.25. The van der Waals surface area contributed by atoms with E-state index in [1.165, 1.54) is 0 Å². The van der Waals surface area contributed by atoms with E-state index in [1.54, 1.807) is 31.6 Å². The Morgan fingerprint density at radius 1 is 1.55 bits per heavy atom. The molecule has 0 aliphatic carbocycles. The fourth-order valence-corrected chi connectivity index (χ4v) is 2.52. The first kappa shape index (κ1) is 16.6. The minimum Gasteiger partial charge on any atom is -0.497 e. The van der Waals surface area contributed by atoms with E-state index >= 15 is 0 Å². The van der Waals surface area contributed by atoms with Crippen LogP contribution in [0.5, 0.6) is 5.75 Å². The fourth-order valence-electron chi connectivity index (χ4n) is 2.34. The highest BCUT2D eigenvalue weighted by atomic mass is 35.5. The lowest BCUT2D eigenvalue weighted by atomic mass is 10.1. The molecular weight excluding hydrogens is 304 g/mol. The van der Waals surface area contributed by atoms with Crippen LogP contribution in [0.15, 0.2) is 30.5 Å². The maximum atomic E-state index is 12.1. The highest BCUT2D eigenvalue weighted by molar-refractivity contribution is 6.31. The van der Waals surface area contributed by atoms with Gasteiger partial charge in [-0.1, -0.05) is 11.6 Å². The SMILES string of the molecule is COc1ccc(Cl)cc1NC(=O)CN(C)C[C@@H]1CCC=CO1. The highest BCUT2D eigenvalue weighted by Crippen LogP contribution is 2.27. The van der Waals surface area contributed by atoms with Crippen LogP contribution in [0.2, 0.25) is 5.02 Å². The first-order chi connectivity index (χ1) is 10.6. The Kier molecular flexibility index (Phi) is 6.10. The van der Waals surface area contributed by atoms with E-state index < -0.39 is 0 Å². The molecule has 0 radical (unpaired) electrons. The summed E-state index contributed by atoms with van der Waals surface area (Å²) in [6.07, 6.45) is 5.88. The molecule has 0 saturated carbocycles. The summed E-state index contributed by atoms with van der Waals surface area (Å²) in [4.78, 5) is 14.1. The number of allylic oxidation sites excluding steroid dienone is 1. The van der Waals surface area contributed by atoms with E-state index in [9.17, 15) is 4.79 Å². The van der Waals surface area contributed by atoms with Crippen molar-refractivity contribution in [2.75, 3.05) is 32.6 Å². The number of amides is 1. The lowest BCUT2D eigenvalue weighted by Crippen LogP contribution is -2.36. The van der Waals surface area contributed by atoms with E-state index in [1.807, 2.05) is 18.0 Å². The van der Waals surface area contributed by atoms with Crippen molar-refractivity contribution in [3.63, 3.8) is 0 Å². The lowest BCUT2D eigenvalue weighted by molar-refractivity contribution is -0.117. The molecule has 0 bridgehead atoms. The molecule has 6 heteroatoms. The van der Waals surface area contributed by atoms with Crippen molar-refractivity contribution in [1.29, 1.82) is 0 Å². The van der Waals surface area contributed by atoms with Gasteiger partial charge < -0.3 is 14.8 Å². The topological polar surface area (TPSA) is 50.8 Å². The molecule has 0 saturated heterocycles. The van der Waals surface area contributed by atoms with E-state index in [0.29, 0.717) is 23.0 Å². The number of benzene rings is 1. The molecule has 2 rings (SSSR count). The molecule has 1 aliphatic heterocycles. The normalized spacial score (nSPS) is 17.2. The first-order valence-corrected chi connectivity index (χ1v) is 7.58. The van der Waals surface area contributed by atoms with Gasteiger partial charge >= 0.3 is 0 Å². The van der Waals surface area contributed by atoms with Crippen molar-refractivity contribution >= 4 is 23.2 Å². The average molecular weight is 325 g/mol. The molecule has 22 heavy (non-hydrogen) atoms. The van der Waals surface area contributed by atoms with Crippen molar-refractivity contribution in [3.05, 3.63) is 35.6 Å². The fraction of sp³-hybridized carbons (Fsp3) is 0.438. The van der Waals surface area contributed by atoms with Crippen molar-refractivity contribution in [2.45, 2.75) is 18.9 Å². The molecule has 1 N–H and O–H groups in total. The number of nitrogens with zero attached hydrogens (tertiary/aromatic N) is 1. The van der Waals surface area contributed by atoms with Gasteiger partial charge in [0.25, 0.3) is 0 Å². The van der Waals surface area contributed by atoms with E-state index in [-0.39, 0.29) is 18.6 Å². The van der Waals surface area contributed by atoms with Gasteiger partial charge in [0.2, 0.25) is 5.91 Å². The van der Waals surface area contributed by atoms with Gasteiger partial charge in [0.15, 0.2) is 0 Å². The zero-order valence-corrected chi connectivity index (χ0v) is 13.6. The number of likely N-dealkylation sites (N-methyl/N-ethyl adjacent to an activating group) is 1. The maximum Gasteiger partial charge on any atom is 0.238 e. The maximum absolute atomic E-state index is 12.1. The molecule has 5 nitrogen and oxygen atoms in total. The zero-order valence-electron chi connectivity index (χ0n) is 12.8. The Morgan fingerprint density at radius 2 is 2.36 bits per heavy atom. The number of methoxy groups -OCH3 is 1. The van der Waals surface area contributed by atoms with Gasteiger partial charge in [0.05, 0.1) is 25.6 Å². The zero-order chi connectivity index (χ0) is 15.9. The third-order valence-electron chi connectivity index (χ3n) is 3.39. The Labute approximate surface area is 135 Å². The number of rotatable bonds is 6. The largest absolute Gasteiger partial charge is 0.497 e. The molecule has 1 aromatic rings. The summed E-state index contributed by atoms with van der Waals surface area (Å²) in [5.41, 5.74) is 0.574. The average Bonchev–Trinajstić information content (AvgIpc) is 2.48. The third-order valence-corrected chi connectivity index (χ3v) is 3.62. The standard InChI is InChI=1S/C16H21ClN2O3/c1-19(10-13-5-3-4-8-22-13)11-16(20)18-14-9-12(17)6-7-15(14)21-2/h4,6-9,13H,3,5,10-11H2,1-2H3,(H,18,20)/t13-/m0/s1. The number of anilines is 1. The quantitative estimate of drug-likeness (QED) is 0.874. The van der Waals surface area contributed by atoms with Crippen LogP contribution in [-0.4, -0.2) is 44.2 Å². The second kappa shape index (κ2) is 8.06. The second-order valence-corrected chi connectivity index (χ2v) is 5.73. The molecular formula is C16H21ClN2O3. The predicted octanol–water partition coefficient (Wildman–Crippen LogP) is 2.91. The minimum atomic E-state index is -0.116. The van der Waals surface area contributed by atoms with Crippen molar-refractivity contribution < 1.29 is 14.3 Å². The summed E-state index contributed by atoms with van der Waals surface area (Å²) in [7, 11) is 3.45. The minimum absolute atomic E-state index is 0.116. The molecule has 0 aromatic heterocycles. The van der Waals surface area contributed by atoms with Crippen LogP contribution in [-0.2, 0) is 9.53 Å². The van der Waals surface area contributed by atoms with Crippen molar-refractivity contribution in [2.24, 2.45) is 0 Å². The Hall–Kier alpha value is -1.72. The number of nitrogens with one attached hydrogen (secondary N) is 1. The summed E-state index contributed by atoms with van der Waals surface area (Å²) in [6, 6.07) is 5.12. The van der Waals surface area contributed by atoms with Gasteiger partial charge in [0, 0.05) is 11.6 Å². The number of carbonyl (C=O) groups excluding carboxylic acids is 1. The third kappa shape index (κ3) is 4.93. The van der Waals surface area contributed by atoms with E-state index in [2.05, 4.69) is 5.32 Å². The van der Waals surface area contributed by atoms with Crippen molar-refractivity contribution in [3.8, 4) is 5.75 Å². The highest BCUT2D eigenvalue weighted by Gasteiger charge is 2.16. The predicted molar refractivity (Wildman–Crippen MR) is 87.4 cm³/mol. The molecule has 1 atom stereocenters. The number of hydrogen-bond donors (Lipinski definition) is 1. The van der Waals surface area contributed by atoms with Crippen LogP contribution < -0.4 is 10.1 Å². The smallest absolute Gasteiger partial charge is 0.238 e. The number of halogens is 1. The van der Waals surface area contributed by atoms with Gasteiger partial charge in [-0.3, -0.25) is 9.69 Å². The van der Waals surface area contributed by atoms with E-state index in [0.717, 1.165) is 12.8 Å². The van der Waals surface area contributed by atoms with Gasteiger partial charge in [-0.25, -0.2) is 0 Å². The van der Waals surface area contributed by atoms with Crippen LogP contribution in [0, 0.1) is 0 Å². The van der Waals surface area contributed by atoms with Crippen LogP contribution in [0.4, 0.5) is 5.69 Å². The summed E-state index contributed by atoms with van der Waals surface area (Å²) in [5, 5.41) is 3.37. The van der Waals surface area contributed by atoms with Gasteiger partial charge in [-0.15, -0.1) is 0 Å². The monoisotopic (exact) mass is 324 g/mol. The number of hydrogen-bond acceptors (Lipinski definition) is 4. The van der Waals surface area contributed by atoms with Gasteiger partial charge in [-0.2, -0.15) is 0 Å². The van der Waals surface area contributed by atoms with E-state index in [4.69, 9.17) is 21.1 Å². The van der Waals surface area contributed by atoms with Crippen LogP contribution in [0.3, 0.4) is 0 Å². The molecule has 0 unspecified atom stereocenters. The number of ether oxygens (including phenoxy) is 2. The Balaban J connectivity index is 1.86. The second-order valence-electron chi connectivity index (χ2n) is 5.30. The molecule has 0 fully saturated rings. The molecule has 1 aliphatic rings. The molecule has 0 spiro atoms. The summed E-state index contributed by atoms with van der Waals surface area (Å²) in [6.45, 7) is 0.990. The molecule has 1 amide bonds. The number of carbonyl (C=O) groups is 1. The van der Waals surface area contributed by atoms with Crippen LogP contribution in [0.25, 0.3) is 0 Å². The van der Waals surface area contributed by atoms with Crippen molar-refractivity contribution in [1.82, 2.24) is 4.90 Å². The molecule has 1 heterocycles. The first-order valence-electron chi connectivity index (χ1n) is 7.21. The Morgan fingerprint density at radius 3 is 3.05 bits per heavy atom.